The molecule has 0 radical (unpaired) electrons. The Kier molecular flexibility index (Phi) is 7.73. The van der Waals surface area contributed by atoms with Crippen molar-refractivity contribution in [3.63, 3.8) is 0 Å². The van der Waals surface area contributed by atoms with Crippen LogP contribution in [0.4, 0.5) is 0 Å². The summed E-state index contributed by atoms with van der Waals surface area (Å²) in [5, 5.41) is 3.28. The molecule has 0 fully saturated rings. The zero-order valence-electron chi connectivity index (χ0n) is 12.6. The number of rotatable bonds is 9. The van der Waals surface area contributed by atoms with Crippen molar-refractivity contribution < 1.29 is 14.3 Å². The van der Waals surface area contributed by atoms with Gasteiger partial charge in [0.25, 0.3) is 0 Å². The smallest absolute Gasteiger partial charge is 0.322 e. The van der Waals surface area contributed by atoms with Crippen LogP contribution in [0.25, 0.3) is 0 Å². The average molecular weight is 279 g/mol. The van der Waals surface area contributed by atoms with Crippen LogP contribution in [-0.2, 0) is 16.0 Å². The van der Waals surface area contributed by atoms with Crippen molar-refractivity contribution in [2.24, 2.45) is 0 Å². The largest absolute Gasteiger partial charge is 0.497 e. The number of methoxy groups -OCH3 is 2. The Morgan fingerprint density at radius 1 is 1.35 bits per heavy atom. The Labute approximate surface area is 121 Å². The molecule has 112 valence electrons. The summed E-state index contributed by atoms with van der Waals surface area (Å²) in [6, 6.07) is 7.77. The molecule has 0 aromatic heterocycles. The molecular weight excluding hydrogens is 254 g/mol. The van der Waals surface area contributed by atoms with Gasteiger partial charge in [-0.25, -0.2) is 0 Å². The topological polar surface area (TPSA) is 47.6 Å². The van der Waals surface area contributed by atoms with Crippen molar-refractivity contribution in [2.45, 2.75) is 38.6 Å². The highest BCUT2D eigenvalue weighted by atomic mass is 16.5. The first kappa shape index (κ1) is 16.5. The number of carbonyl (C=O) groups excluding carboxylic acids is 1. The third-order valence-corrected chi connectivity index (χ3v) is 3.27. The van der Waals surface area contributed by atoms with Gasteiger partial charge in [-0.2, -0.15) is 0 Å². The molecule has 0 saturated carbocycles. The maximum absolute atomic E-state index is 11.7. The maximum Gasteiger partial charge on any atom is 0.322 e. The van der Waals surface area contributed by atoms with Crippen molar-refractivity contribution in [2.75, 3.05) is 20.8 Å². The number of unbranched alkanes of at least 4 members (excludes halogenated alkanes) is 1. The van der Waals surface area contributed by atoms with E-state index in [0.717, 1.165) is 38.0 Å². The molecule has 0 aliphatic carbocycles. The standard InChI is InChI=1S/C16H25NO3/c1-4-5-9-15(16(18)20-3)17-11-10-13-7-6-8-14(12-13)19-2/h6-8,12,15,17H,4-5,9-11H2,1-3H3. The molecule has 20 heavy (non-hydrogen) atoms. The zero-order chi connectivity index (χ0) is 14.8. The number of benzene rings is 1. The highest BCUT2D eigenvalue weighted by Crippen LogP contribution is 2.12. The van der Waals surface area contributed by atoms with Crippen LogP contribution in [0.15, 0.2) is 24.3 Å². The second kappa shape index (κ2) is 9.37. The molecule has 1 atom stereocenters. The van der Waals surface area contributed by atoms with Crippen molar-refractivity contribution in [3.05, 3.63) is 29.8 Å². The normalized spacial score (nSPS) is 11.9. The summed E-state index contributed by atoms with van der Waals surface area (Å²) in [5.41, 5.74) is 1.19. The Morgan fingerprint density at radius 2 is 2.15 bits per heavy atom. The fourth-order valence-electron chi connectivity index (χ4n) is 2.07. The van der Waals surface area contributed by atoms with E-state index >= 15 is 0 Å². The van der Waals surface area contributed by atoms with Gasteiger partial charge in [0, 0.05) is 0 Å². The molecule has 1 aromatic rings. The molecule has 1 rings (SSSR count). The van der Waals surface area contributed by atoms with Crippen LogP contribution in [0.5, 0.6) is 5.75 Å². The number of nitrogens with one attached hydrogen (secondary N) is 1. The van der Waals surface area contributed by atoms with Gasteiger partial charge < -0.3 is 14.8 Å². The van der Waals surface area contributed by atoms with Gasteiger partial charge in [0.1, 0.15) is 11.8 Å². The Morgan fingerprint density at radius 3 is 2.80 bits per heavy atom. The van der Waals surface area contributed by atoms with E-state index in [2.05, 4.69) is 18.3 Å². The Balaban J connectivity index is 2.44. The lowest BCUT2D eigenvalue weighted by atomic mass is 10.1. The highest BCUT2D eigenvalue weighted by Gasteiger charge is 2.17. The van der Waals surface area contributed by atoms with Crippen LogP contribution in [0.2, 0.25) is 0 Å². The molecule has 0 spiro atoms. The van der Waals surface area contributed by atoms with E-state index in [-0.39, 0.29) is 12.0 Å². The lowest BCUT2D eigenvalue weighted by molar-refractivity contribution is -0.143. The quantitative estimate of drug-likeness (QED) is 0.706. The van der Waals surface area contributed by atoms with Gasteiger partial charge in [0.2, 0.25) is 0 Å². The van der Waals surface area contributed by atoms with Gasteiger partial charge >= 0.3 is 5.97 Å². The van der Waals surface area contributed by atoms with E-state index in [9.17, 15) is 4.79 Å². The highest BCUT2D eigenvalue weighted by molar-refractivity contribution is 5.75. The fourth-order valence-corrected chi connectivity index (χ4v) is 2.07. The van der Waals surface area contributed by atoms with Crippen molar-refractivity contribution in [3.8, 4) is 5.75 Å². The van der Waals surface area contributed by atoms with Crippen LogP contribution in [0.3, 0.4) is 0 Å². The number of ether oxygens (including phenoxy) is 2. The summed E-state index contributed by atoms with van der Waals surface area (Å²) in [6.07, 6.45) is 3.77. The van der Waals surface area contributed by atoms with E-state index in [0.29, 0.717) is 0 Å². The number of carbonyl (C=O) groups is 1. The molecular formula is C16H25NO3. The first-order valence-corrected chi connectivity index (χ1v) is 7.15. The van der Waals surface area contributed by atoms with Gasteiger partial charge in [-0.15, -0.1) is 0 Å². The first-order chi connectivity index (χ1) is 9.71. The van der Waals surface area contributed by atoms with Crippen LogP contribution in [0.1, 0.15) is 31.7 Å². The molecule has 0 bridgehead atoms. The summed E-state index contributed by atoms with van der Waals surface area (Å²) in [7, 11) is 3.10. The third-order valence-electron chi connectivity index (χ3n) is 3.27. The van der Waals surface area contributed by atoms with E-state index in [1.54, 1.807) is 7.11 Å². The predicted octanol–water partition coefficient (Wildman–Crippen LogP) is 2.56. The molecule has 4 nitrogen and oxygen atoms in total. The molecule has 0 amide bonds. The molecule has 4 heteroatoms. The third kappa shape index (κ3) is 5.61. The minimum absolute atomic E-state index is 0.177. The lowest BCUT2D eigenvalue weighted by Gasteiger charge is -2.16. The van der Waals surface area contributed by atoms with Gasteiger partial charge in [-0.1, -0.05) is 31.9 Å². The van der Waals surface area contributed by atoms with Gasteiger partial charge in [-0.3, -0.25) is 4.79 Å². The zero-order valence-corrected chi connectivity index (χ0v) is 12.6. The number of esters is 1. The SMILES string of the molecule is CCCCC(NCCc1cccc(OC)c1)C(=O)OC. The lowest BCUT2D eigenvalue weighted by Crippen LogP contribution is -2.38. The average Bonchev–Trinajstić information content (AvgIpc) is 2.50. The summed E-state index contributed by atoms with van der Waals surface area (Å²) >= 11 is 0. The van der Waals surface area contributed by atoms with Crippen LogP contribution in [-0.4, -0.2) is 32.8 Å². The fraction of sp³-hybridized carbons (Fsp3) is 0.562. The Hall–Kier alpha value is -1.55. The van der Waals surface area contributed by atoms with Crippen molar-refractivity contribution in [1.82, 2.24) is 5.32 Å². The van der Waals surface area contributed by atoms with Gasteiger partial charge in [0.05, 0.1) is 14.2 Å². The first-order valence-electron chi connectivity index (χ1n) is 7.15. The monoisotopic (exact) mass is 279 g/mol. The number of hydrogen-bond acceptors (Lipinski definition) is 4. The summed E-state index contributed by atoms with van der Waals surface area (Å²) < 4.78 is 10.0. The van der Waals surface area contributed by atoms with Crippen LogP contribution in [0, 0.1) is 0 Å². The van der Waals surface area contributed by atoms with Gasteiger partial charge in [-0.05, 0) is 37.1 Å². The minimum atomic E-state index is -0.203. The minimum Gasteiger partial charge on any atom is -0.497 e. The molecule has 0 heterocycles. The molecule has 1 aromatic carbocycles. The van der Waals surface area contributed by atoms with E-state index in [1.807, 2.05) is 18.2 Å². The predicted molar refractivity (Wildman–Crippen MR) is 80.0 cm³/mol. The molecule has 0 aliphatic rings. The second-order valence-electron chi connectivity index (χ2n) is 4.77. The molecule has 0 saturated heterocycles. The van der Waals surface area contributed by atoms with E-state index in [1.165, 1.54) is 12.7 Å². The second-order valence-corrected chi connectivity index (χ2v) is 4.77. The van der Waals surface area contributed by atoms with Crippen LogP contribution < -0.4 is 10.1 Å². The van der Waals surface area contributed by atoms with E-state index in [4.69, 9.17) is 9.47 Å². The van der Waals surface area contributed by atoms with Gasteiger partial charge in [0.15, 0.2) is 0 Å². The maximum atomic E-state index is 11.7. The number of hydrogen-bond donors (Lipinski definition) is 1. The summed E-state index contributed by atoms with van der Waals surface area (Å²) in [4.78, 5) is 11.7. The van der Waals surface area contributed by atoms with Crippen LogP contribution >= 0.6 is 0 Å². The Bertz CT molecular complexity index is 406. The molecule has 1 N–H and O–H groups in total. The van der Waals surface area contributed by atoms with E-state index < -0.39 is 0 Å². The molecule has 1 unspecified atom stereocenters. The summed E-state index contributed by atoms with van der Waals surface area (Å²) in [5.74, 6) is 0.682. The molecule has 0 aliphatic heterocycles. The summed E-state index contributed by atoms with van der Waals surface area (Å²) in [6.45, 7) is 2.86. The van der Waals surface area contributed by atoms with Crippen molar-refractivity contribution in [1.29, 1.82) is 0 Å². The van der Waals surface area contributed by atoms with Crippen molar-refractivity contribution >= 4 is 5.97 Å².